The molecule has 1 heterocycles. The van der Waals surface area contributed by atoms with E-state index < -0.39 is 0 Å². The highest BCUT2D eigenvalue weighted by molar-refractivity contribution is 5.81. The first-order chi connectivity index (χ1) is 7.16. The van der Waals surface area contributed by atoms with Crippen LogP contribution in [0.1, 0.15) is 13.8 Å². The van der Waals surface area contributed by atoms with Gasteiger partial charge in [-0.3, -0.25) is 4.79 Å². The summed E-state index contributed by atoms with van der Waals surface area (Å²) in [5.41, 5.74) is 0. The molecule has 4 nitrogen and oxygen atoms in total. The van der Waals surface area contributed by atoms with Crippen LogP contribution in [0.15, 0.2) is 12.7 Å². The number of nitrogens with one attached hydrogen (secondary N) is 1. The molecule has 0 aromatic rings. The monoisotopic (exact) mass is 212 g/mol. The van der Waals surface area contributed by atoms with E-state index in [1.807, 2.05) is 13.8 Å². The fourth-order valence-electron chi connectivity index (χ4n) is 1.60. The number of rotatable bonds is 4. The first-order valence-electron chi connectivity index (χ1n) is 5.40. The number of morpholine rings is 1. The lowest BCUT2D eigenvalue weighted by Gasteiger charge is -2.31. The van der Waals surface area contributed by atoms with Crippen molar-refractivity contribution in [2.24, 2.45) is 0 Å². The maximum atomic E-state index is 12.0. The van der Waals surface area contributed by atoms with Crippen molar-refractivity contribution >= 4 is 5.91 Å². The van der Waals surface area contributed by atoms with Gasteiger partial charge >= 0.3 is 0 Å². The molecule has 1 saturated heterocycles. The number of hydrogen-bond acceptors (Lipinski definition) is 3. The predicted octanol–water partition coefficient (Wildman–Crippen LogP) is 0.398. The number of hydrogen-bond donors (Lipinski definition) is 1. The van der Waals surface area contributed by atoms with Gasteiger partial charge in [-0.2, -0.15) is 0 Å². The molecule has 1 N–H and O–H groups in total. The van der Waals surface area contributed by atoms with E-state index in [0.29, 0.717) is 19.7 Å². The first kappa shape index (κ1) is 12.2. The Hall–Kier alpha value is -0.870. The van der Waals surface area contributed by atoms with Gasteiger partial charge in [0.2, 0.25) is 0 Å². The van der Waals surface area contributed by atoms with Gasteiger partial charge in [0.25, 0.3) is 5.91 Å². The fourth-order valence-corrected chi connectivity index (χ4v) is 1.60. The Labute approximate surface area is 91.3 Å². The zero-order valence-electron chi connectivity index (χ0n) is 9.53. The summed E-state index contributed by atoms with van der Waals surface area (Å²) in [6.45, 7) is 10.3. The molecule has 0 saturated carbocycles. The third kappa shape index (κ3) is 3.32. The highest BCUT2D eigenvalue weighted by Gasteiger charge is 2.27. The van der Waals surface area contributed by atoms with E-state index in [0.717, 1.165) is 6.54 Å². The van der Waals surface area contributed by atoms with Crippen LogP contribution in [-0.2, 0) is 9.53 Å². The summed E-state index contributed by atoms with van der Waals surface area (Å²) in [5.74, 6) is 0.0529. The predicted molar refractivity (Wildman–Crippen MR) is 59.7 cm³/mol. The van der Waals surface area contributed by atoms with Gasteiger partial charge in [-0.1, -0.05) is 6.08 Å². The van der Waals surface area contributed by atoms with Gasteiger partial charge in [-0.15, -0.1) is 6.58 Å². The van der Waals surface area contributed by atoms with Gasteiger partial charge in [0.1, 0.15) is 6.10 Å². The lowest BCUT2D eigenvalue weighted by atomic mass is 10.2. The smallest absolute Gasteiger partial charge is 0.253 e. The largest absolute Gasteiger partial charge is 0.366 e. The van der Waals surface area contributed by atoms with Crippen LogP contribution in [0, 0.1) is 0 Å². The minimum atomic E-state index is -0.332. The van der Waals surface area contributed by atoms with Crippen LogP contribution in [0.2, 0.25) is 0 Å². The summed E-state index contributed by atoms with van der Waals surface area (Å²) in [6.07, 6.45) is 1.41. The van der Waals surface area contributed by atoms with Crippen LogP contribution in [0.3, 0.4) is 0 Å². The molecule has 15 heavy (non-hydrogen) atoms. The number of nitrogens with zero attached hydrogens (tertiary/aromatic N) is 1. The Balaban J connectivity index is 2.57. The molecule has 1 aliphatic heterocycles. The average Bonchev–Trinajstić information content (AvgIpc) is 2.26. The third-order valence-corrected chi connectivity index (χ3v) is 2.44. The van der Waals surface area contributed by atoms with Crippen LogP contribution in [0.5, 0.6) is 0 Å². The van der Waals surface area contributed by atoms with Crippen LogP contribution in [0.4, 0.5) is 0 Å². The summed E-state index contributed by atoms with van der Waals surface area (Å²) in [6, 6.07) is 0.182. The number of ether oxygens (including phenoxy) is 1. The molecule has 1 rings (SSSR count). The Morgan fingerprint density at radius 2 is 2.47 bits per heavy atom. The summed E-state index contributed by atoms with van der Waals surface area (Å²) < 4.78 is 5.43. The zero-order chi connectivity index (χ0) is 11.3. The van der Waals surface area contributed by atoms with Crippen molar-refractivity contribution in [3.8, 4) is 0 Å². The number of carbonyl (C=O) groups is 1. The Morgan fingerprint density at radius 1 is 1.73 bits per heavy atom. The van der Waals surface area contributed by atoms with E-state index in [9.17, 15) is 4.79 Å². The standard InChI is InChI=1S/C11H20N2O2/c1-4-6-13(9(2)3)11(14)10-8-12-5-7-15-10/h4,9-10,12H,1,5-8H2,2-3H3. The quantitative estimate of drug-likeness (QED) is 0.686. The second kappa shape index (κ2) is 5.88. The normalized spacial score (nSPS) is 21.4. The lowest BCUT2D eigenvalue weighted by molar-refractivity contribution is -0.146. The molecule has 0 radical (unpaired) electrons. The van der Waals surface area contributed by atoms with Gasteiger partial charge in [-0.25, -0.2) is 0 Å². The van der Waals surface area contributed by atoms with E-state index in [1.165, 1.54) is 0 Å². The molecule has 0 aromatic heterocycles. The van der Waals surface area contributed by atoms with Gasteiger partial charge < -0.3 is 15.0 Å². The van der Waals surface area contributed by atoms with Crippen LogP contribution < -0.4 is 5.32 Å². The Morgan fingerprint density at radius 3 is 2.93 bits per heavy atom. The highest BCUT2D eigenvalue weighted by atomic mass is 16.5. The van der Waals surface area contributed by atoms with E-state index in [-0.39, 0.29) is 18.1 Å². The Bertz CT molecular complexity index is 223. The maximum Gasteiger partial charge on any atom is 0.253 e. The van der Waals surface area contributed by atoms with Gasteiger partial charge in [-0.05, 0) is 13.8 Å². The molecule has 1 fully saturated rings. The van der Waals surface area contributed by atoms with Crippen molar-refractivity contribution in [3.63, 3.8) is 0 Å². The summed E-state index contributed by atoms with van der Waals surface area (Å²) in [5, 5.41) is 3.15. The van der Waals surface area contributed by atoms with Gasteiger partial charge in [0.05, 0.1) is 6.61 Å². The van der Waals surface area contributed by atoms with Crippen LogP contribution in [0.25, 0.3) is 0 Å². The molecule has 0 spiro atoms. The maximum absolute atomic E-state index is 12.0. The van der Waals surface area contributed by atoms with Crippen LogP contribution in [-0.4, -0.2) is 49.2 Å². The van der Waals surface area contributed by atoms with Crippen molar-refractivity contribution < 1.29 is 9.53 Å². The van der Waals surface area contributed by atoms with Crippen LogP contribution >= 0.6 is 0 Å². The second-order valence-corrected chi connectivity index (χ2v) is 3.94. The van der Waals surface area contributed by atoms with Gasteiger partial charge in [0, 0.05) is 25.7 Å². The molecule has 0 bridgehead atoms. The van der Waals surface area contributed by atoms with E-state index >= 15 is 0 Å². The van der Waals surface area contributed by atoms with E-state index in [4.69, 9.17) is 4.74 Å². The summed E-state index contributed by atoms with van der Waals surface area (Å²) in [4.78, 5) is 13.8. The van der Waals surface area contributed by atoms with Crippen molar-refractivity contribution in [2.45, 2.75) is 26.0 Å². The number of amides is 1. The van der Waals surface area contributed by atoms with Crippen molar-refractivity contribution in [1.29, 1.82) is 0 Å². The molecule has 1 amide bonds. The first-order valence-corrected chi connectivity index (χ1v) is 5.40. The van der Waals surface area contributed by atoms with Crippen molar-refractivity contribution in [3.05, 3.63) is 12.7 Å². The highest BCUT2D eigenvalue weighted by Crippen LogP contribution is 2.06. The fraction of sp³-hybridized carbons (Fsp3) is 0.727. The lowest BCUT2D eigenvalue weighted by Crippen LogP contribution is -2.51. The molecule has 86 valence electrons. The third-order valence-electron chi connectivity index (χ3n) is 2.44. The summed E-state index contributed by atoms with van der Waals surface area (Å²) >= 11 is 0. The summed E-state index contributed by atoms with van der Waals surface area (Å²) in [7, 11) is 0. The Kier molecular flexibility index (Phi) is 4.78. The average molecular weight is 212 g/mol. The van der Waals surface area contributed by atoms with Gasteiger partial charge in [0.15, 0.2) is 0 Å². The second-order valence-electron chi connectivity index (χ2n) is 3.94. The van der Waals surface area contributed by atoms with Crippen molar-refractivity contribution in [1.82, 2.24) is 10.2 Å². The molecule has 0 aliphatic carbocycles. The molecule has 0 aromatic carbocycles. The molecule has 4 heteroatoms. The molecular weight excluding hydrogens is 192 g/mol. The van der Waals surface area contributed by atoms with Crippen molar-refractivity contribution in [2.75, 3.05) is 26.2 Å². The zero-order valence-corrected chi connectivity index (χ0v) is 9.53. The van der Waals surface area contributed by atoms with E-state index in [1.54, 1.807) is 11.0 Å². The SMILES string of the molecule is C=CCN(C(=O)C1CNCCO1)C(C)C. The topological polar surface area (TPSA) is 41.6 Å². The molecule has 1 atom stereocenters. The molecular formula is C11H20N2O2. The minimum absolute atomic E-state index is 0.0529. The minimum Gasteiger partial charge on any atom is -0.366 e. The molecule has 1 unspecified atom stereocenters. The number of carbonyl (C=O) groups excluding carboxylic acids is 1. The molecule has 1 aliphatic rings. The van der Waals surface area contributed by atoms with E-state index in [2.05, 4.69) is 11.9 Å².